The zero-order chi connectivity index (χ0) is 15.1. The van der Waals surface area contributed by atoms with Gasteiger partial charge in [0.05, 0.1) is 13.7 Å². The highest BCUT2D eigenvalue weighted by Crippen LogP contribution is 2.30. The van der Waals surface area contributed by atoms with E-state index < -0.39 is 0 Å². The number of phenols is 1. The number of primary amides is 1. The van der Waals surface area contributed by atoms with Crippen LogP contribution in [0.3, 0.4) is 0 Å². The van der Waals surface area contributed by atoms with Crippen molar-refractivity contribution < 1.29 is 14.6 Å². The predicted molar refractivity (Wildman–Crippen MR) is 78.7 cm³/mol. The summed E-state index contributed by atoms with van der Waals surface area (Å²) in [6.07, 6.45) is 2.06. The molecule has 0 spiro atoms. The molecule has 0 aliphatic carbocycles. The molecule has 0 aliphatic heterocycles. The number of carbonyl (C=O) groups is 1. The maximum atomic E-state index is 11.2. The Morgan fingerprint density at radius 2 is 2.20 bits per heavy atom. The van der Waals surface area contributed by atoms with E-state index in [1.165, 1.54) is 7.11 Å². The number of phenolic OH excluding ortho intramolecular Hbond substituents is 1. The SMILES string of the molecule is CCCCN(CC(N)=O)C(C)c1ccc(O)c(OC)c1. The standard InChI is InChI=1S/C15H24N2O3/c1-4-5-8-17(10-15(16)19)11(2)12-6-7-13(18)14(9-12)20-3/h6-7,9,11,18H,4-5,8,10H2,1-3H3,(H2,16,19). The summed E-state index contributed by atoms with van der Waals surface area (Å²) in [5, 5.41) is 9.63. The Kier molecular flexibility index (Phi) is 6.31. The average Bonchev–Trinajstić information content (AvgIpc) is 2.42. The normalized spacial score (nSPS) is 12.4. The largest absolute Gasteiger partial charge is 0.504 e. The van der Waals surface area contributed by atoms with Gasteiger partial charge < -0.3 is 15.6 Å². The number of hydrogen-bond donors (Lipinski definition) is 2. The van der Waals surface area contributed by atoms with E-state index in [1.54, 1.807) is 12.1 Å². The first-order valence-electron chi connectivity index (χ1n) is 6.88. The molecule has 1 atom stereocenters. The number of carbonyl (C=O) groups excluding carboxylic acids is 1. The molecular weight excluding hydrogens is 256 g/mol. The summed E-state index contributed by atoms with van der Waals surface area (Å²) in [7, 11) is 1.52. The van der Waals surface area contributed by atoms with Crippen molar-refractivity contribution >= 4 is 5.91 Å². The smallest absolute Gasteiger partial charge is 0.231 e. The molecule has 20 heavy (non-hydrogen) atoms. The van der Waals surface area contributed by atoms with Gasteiger partial charge in [-0.1, -0.05) is 19.4 Å². The highest BCUT2D eigenvalue weighted by atomic mass is 16.5. The molecule has 1 rings (SSSR count). The quantitative estimate of drug-likeness (QED) is 0.764. The minimum Gasteiger partial charge on any atom is -0.504 e. The van der Waals surface area contributed by atoms with Gasteiger partial charge in [0, 0.05) is 6.04 Å². The Hall–Kier alpha value is -1.75. The molecular formula is C15H24N2O3. The fourth-order valence-corrected chi connectivity index (χ4v) is 2.14. The van der Waals surface area contributed by atoms with Crippen LogP contribution in [0, 0.1) is 0 Å². The van der Waals surface area contributed by atoms with E-state index in [0.717, 1.165) is 24.9 Å². The minimum absolute atomic E-state index is 0.0311. The number of nitrogens with two attached hydrogens (primary N) is 1. The summed E-state index contributed by atoms with van der Waals surface area (Å²) >= 11 is 0. The van der Waals surface area contributed by atoms with Gasteiger partial charge in [0.25, 0.3) is 0 Å². The molecule has 0 saturated heterocycles. The number of hydrogen-bond acceptors (Lipinski definition) is 4. The number of amides is 1. The van der Waals surface area contributed by atoms with Gasteiger partial charge in [-0.3, -0.25) is 9.69 Å². The van der Waals surface area contributed by atoms with Crippen molar-refractivity contribution in [3.63, 3.8) is 0 Å². The number of unbranched alkanes of at least 4 members (excludes halogenated alkanes) is 1. The molecule has 1 aromatic carbocycles. The van der Waals surface area contributed by atoms with E-state index in [9.17, 15) is 9.90 Å². The molecule has 0 heterocycles. The van der Waals surface area contributed by atoms with E-state index in [1.807, 2.05) is 17.9 Å². The number of methoxy groups -OCH3 is 1. The van der Waals surface area contributed by atoms with E-state index >= 15 is 0 Å². The van der Waals surface area contributed by atoms with Crippen LogP contribution in [0.5, 0.6) is 11.5 Å². The van der Waals surface area contributed by atoms with Crippen LogP contribution in [0.25, 0.3) is 0 Å². The molecule has 0 aliphatic rings. The van der Waals surface area contributed by atoms with Gasteiger partial charge in [-0.05, 0) is 37.6 Å². The number of aromatic hydroxyl groups is 1. The van der Waals surface area contributed by atoms with Gasteiger partial charge in [-0.2, -0.15) is 0 Å². The highest BCUT2D eigenvalue weighted by molar-refractivity contribution is 5.76. The maximum absolute atomic E-state index is 11.2. The zero-order valence-electron chi connectivity index (χ0n) is 12.4. The van der Waals surface area contributed by atoms with E-state index in [-0.39, 0.29) is 24.2 Å². The van der Waals surface area contributed by atoms with Crippen molar-refractivity contribution in [2.24, 2.45) is 5.73 Å². The van der Waals surface area contributed by atoms with Gasteiger partial charge in [0.1, 0.15) is 0 Å². The molecule has 0 saturated carbocycles. The number of ether oxygens (including phenoxy) is 1. The Morgan fingerprint density at radius 1 is 1.50 bits per heavy atom. The number of rotatable bonds is 8. The molecule has 1 amide bonds. The van der Waals surface area contributed by atoms with Crippen molar-refractivity contribution in [2.45, 2.75) is 32.7 Å². The fourth-order valence-electron chi connectivity index (χ4n) is 2.14. The summed E-state index contributed by atoms with van der Waals surface area (Å²) in [4.78, 5) is 13.2. The van der Waals surface area contributed by atoms with Crippen molar-refractivity contribution in [3.8, 4) is 11.5 Å². The molecule has 112 valence electrons. The van der Waals surface area contributed by atoms with Crippen LogP contribution in [0.4, 0.5) is 0 Å². The zero-order valence-corrected chi connectivity index (χ0v) is 12.4. The molecule has 1 aromatic rings. The number of nitrogens with zero attached hydrogens (tertiary/aromatic N) is 1. The summed E-state index contributed by atoms with van der Waals surface area (Å²) in [5.74, 6) is 0.209. The van der Waals surface area contributed by atoms with Crippen molar-refractivity contribution in [3.05, 3.63) is 23.8 Å². The Bertz CT molecular complexity index is 449. The average molecular weight is 280 g/mol. The number of benzene rings is 1. The lowest BCUT2D eigenvalue weighted by molar-refractivity contribution is -0.119. The summed E-state index contributed by atoms with van der Waals surface area (Å²) < 4.78 is 5.12. The summed E-state index contributed by atoms with van der Waals surface area (Å²) in [5.41, 5.74) is 6.30. The lowest BCUT2D eigenvalue weighted by Gasteiger charge is -2.28. The van der Waals surface area contributed by atoms with Crippen LogP contribution in [-0.2, 0) is 4.79 Å². The first-order chi connectivity index (χ1) is 9.49. The molecule has 0 radical (unpaired) electrons. The molecule has 1 unspecified atom stereocenters. The van der Waals surface area contributed by atoms with E-state index in [0.29, 0.717) is 5.75 Å². The second-order valence-electron chi connectivity index (χ2n) is 4.90. The molecule has 0 fully saturated rings. The molecule has 5 nitrogen and oxygen atoms in total. The molecule has 0 bridgehead atoms. The van der Waals surface area contributed by atoms with Gasteiger partial charge >= 0.3 is 0 Å². The minimum atomic E-state index is -0.335. The Labute approximate surface area is 120 Å². The molecule has 5 heteroatoms. The van der Waals surface area contributed by atoms with Crippen LogP contribution >= 0.6 is 0 Å². The topological polar surface area (TPSA) is 75.8 Å². The van der Waals surface area contributed by atoms with Crippen LogP contribution in [0.15, 0.2) is 18.2 Å². The van der Waals surface area contributed by atoms with Crippen LogP contribution in [0.2, 0.25) is 0 Å². The van der Waals surface area contributed by atoms with Crippen molar-refractivity contribution in [1.29, 1.82) is 0 Å². The summed E-state index contributed by atoms with van der Waals surface area (Å²) in [6, 6.07) is 5.26. The third kappa shape index (κ3) is 4.42. The van der Waals surface area contributed by atoms with E-state index in [4.69, 9.17) is 10.5 Å². The highest BCUT2D eigenvalue weighted by Gasteiger charge is 2.18. The van der Waals surface area contributed by atoms with Gasteiger partial charge in [-0.15, -0.1) is 0 Å². The molecule has 3 N–H and O–H groups in total. The maximum Gasteiger partial charge on any atom is 0.231 e. The molecule has 0 aromatic heterocycles. The van der Waals surface area contributed by atoms with E-state index in [2.05, 4.69) is 6.92 Å². The van der Waals surface area contributed by atoms with Gasteiger partial charge in [-0.25, -0.2) is 0 Å². The van der Waals surface area contributed by atoms with Gasteiger partial charge in [0.2, 0.25) is 5.91 Å². The lowest BCUT2D eigenvalue weighted by atomic mass is 10.1. The van der Waals surface area contributed by atoms with Crippen LogP contribution in [-0.4, -0.2) is 36.1 Å². The van der Waals surface area contributed by atoms with Crippen molar-refractivity contribution in [1.82, 2.24) is 4.90 Å². The Morgan fingerprint density at radius 3 is 2.75 bits per heavy atom. The first kappa shape index (κ1) is 16.3. The van der Waals surface area contributed by atoms with Crippen LogP contribution < -0.4 is 10.5 Å². The van der Waals surface area contributed by atoms with Gasteiger partial charge in [0.15, 0.2) is 11.5 Å². The summed E-state index contributed by atoms with van der Waals surface area (Å²) in [6.45, 7) is 5.16. The first-order valence-corrected chi connectivity index (χ1v) is 6.88. The van der Waals surface area contributed by atoms with Crippen molar-refractivity contribution in [2.75, 3.05) is 20.2 Å². The lowest BCUT2D eigenvalue weighted by Crippen LogP contribution is -2.36. The second kappa shape index (κ2) is 7.75. The third-order valence-electron chi connectivity index (χ3n) is 3.39. The predicted octanol–water partition coefficient (Wildman–Crippen LogP) is 2.05. The monoisotopic (exact) mass is 280 g/mol. The van der Waals surface area contributed by atoms with Crippen LogP contribution in [0.1, 0.15) is 38.3 Å². The second-order valence-corrected chi connectivity index (χ2v) is 4.90. The third-order valence-corrected chi connectivity index (χ3v) is 3.39. The fraction of sp³-hybridized carbons (Fsp3) is 0.533. The Balaban J connectivity index is 2.92.